The summed E-state index contributed by atoms with van der Waals surface area (Å²) >= 11 is 0. The van der Waals surface area contributed by atoms with Crippen LogP contribution in [0.3, 0.4) is 0 Å². The summed E-state index contributed by atoms with van der Waals surface area (Å²) in [6.07, 6.45) is -4.29. The van der Waals surface area contributed by atoms with Crippen molar-refractivity contribution >= 4 is 5.91 Å². The number of amides is 1. The van der Waals surface area contributed by atoms with E-state index in [1.165, 1.54) is 18.2 Å². The molecule has 2 aromatic rings. The minimum Gasteiger partial charge on any atom is -0.406 e. The first-order valence-corrected chi connectivity index (χ1v) is 9.93. The van der Waals surface area contributed by atoms with Gasteiger partial charge in [-0.25, -0.2) is 0 Å². The molecule has 1 atom stereocenters. The van der Waals surface area contributed by atoms with E-state index in [1.807, 2.05) is 30.3 Å². The van der Waals surface area contributed by atoms with Gasteiger partial charge in [-0.1, -0.05) is 42.5 Å². The first kappa shape index (κ1) is 22.1. The predicted molar refractivity (Wildman–Crippen MR) is 110 cm³/mol. The summed E-state index contributed by atoms with van der Waals surface area (Å²) in [5.41, 5.74) is 1.62. The fourth-order valence-electron chi connectivity index (χ4n) is 3.60. The topological polar surface area (TPSA) is 44.8 Å². The molecule has 1 N–H and O–H groups in total. The molecule has 0 radical (unpaired) electrons. The molecule has 0 aromatic heterocycles. The molecule has 1 aliphatic heterocycles. The van der Waals surface area contributed by atoms with Crippen molar-refractivity contribution in [3.05, 3.63) is 65.7 Å². The number of rotatable bonds is 7. The van der Waals surface area contributed by atoms with Crippen molar-refractivity contribution in [1.29, 1.82) is 0 Å². The van der Waals surface area contributed by atoms with E-state index >= 15 is 0 Å². The molecule has 1 unspecified atom stereocenters. The molecular weight excluding hydrogens is 395 g/mol. The second-order valence-electron chi connectivity index (χ2n) is 7.30. The zero-order valence-electron chi connectivity index (χ0n) is 16.9. The van der Waals surface area contributed by atoms with E-state index in [-0.39, 0.29) is 19.1 Å². The van der Waals surface area contributed by atoms with Crippen LogP contribution in [-0.2, 0) is 11.2 Å². The zero-order valence-corrected chi connectivity index (χ0v) is 16.9. The number of hydrogen-bond acceptors (Lipinski definition) is 4. The Morgan fingerprint density at radius 3 is 2.53 bits per heavy atom. The Morgan fingerprint density at radius 2 is 1.87 bits per heavy atom. The Kier molecular flexibility index (Phi) is 7.33. The van der Waals surface area contributed by atoms with Crippen LogP contribution in [-0.4, -0.2) is 61.8 Å². The molecule has 1 heterocycles. The number of alkyl halides is 3. The molecule has 5 nitrogen and oxygen atoms in total. The van der Waals surface area contributed by atoms with Crippen LogP contribution < -0.4 is 10.1 Å². The second kappa shape index (κ2) is 9.95. The van der Waals surface area contributed by atoms with E-state index in [9.17, 15) is 18.0 Å². The maximum absolute atomic E-state index is 13.3. The Bertz CT molecular complexity index is 830. The molecule has 8 heteroatoms. The number of carbonyl (C=O) groups is 1. The standard InChI is InChI=1S/C22H26F3N3O2.H2/c1-27(13-10-17-6-5-9-19(16-17)30-22(23,24)25)21(29)20(18-7-3-2-4-8-18)28-14-11-26-12-15-28;/h2-9,16,20,26H,10-15H2,1H3;1H. The van der Waals surface area contributed by atoms with E-state index in [2.05, 4.69) is 15.0 Å². The Balaban J connectivity index is 0.00000341. The van der Waals surface area contributed by atoms with Gasteiger partial charge in [0, 0.05) is 41.2 Å². The molecule has 164 valence electrons. The normalized spacial score (nSPS) is 16.1. The quantitative estimate of drug-likeness (QED) is 0.741. The number of ether oxygens (including phenoxy) is 1. The Morgan fingerprint density at radius 1 is 1.17 bits per heavy atom. The maximum atomic E-state index is 13.3. The Hall–Kier alpha value is -2.58. The lowest BCUT2D eigenvalue weighted by Crippen LogP contribution is -2.49. The van der Waals surface area contributed by atoms with Crippen LogP contribution in [0.25, 0.3) is 0 Å². The predicted octanol–water partition coefficient (Wildman–Crippen LogP) is 3.48. The van der Waals surface area contributed by atoms with Gasteiger partial charge in [-0.2, -0.15) is 0 Å². The highest BCUT2D eigenvalue weighted by molar-refractivity contribution is 5.83. The average Bonchev–Trinajstić information content (AvgIpc) is 2.73. The summed E-state index contributed by atoms with van der Waals surface area (Å²) in [4.78, 5) is 17.1. The lowest BCUT2D eigenvalue weighted by molar-refractivity contribution is -0.274. The minimum absolute atomic E-state index is 0. The van der Waals surface area contributed by atoms with Crippen LogP contribution in [0.4, 0.5) is 13.2 Å². The molecule has 1 fully saturated rings. The number of carbonyl (C=O) groups excluding carboxylic acids is 1. The molecule has 0 saturated carbocycles. The van der Waals surface area contributed by atoms with E-state index in [4.69, 9.17) is 0 Å². The first-order chi connectivity index (χ1) is 14.3. The number of benzene rings is 2. The molecule has 3 rings (SSSR count). The number of likely N-dealkylation sites (N-methyl/N-ethyl adjacent to an activating group) is 1. The lowest BCUT2D eigenvalue weighted by Gasteiger charge is -2.36. The number of piperazine rings is 1. The lowest BCUT2D eigenvalue weighted by atomic mass is 10.0. The van der Waals surface area contributed by atoms with Crippen LogP contribution in [0.15, 0.2) is 54.6 Å². The average molecular weight is 423 g/mol. The molecule has 1 saturated heterocycles. The van der Waals surface area contributed by atoms with Gasteiger partial charge in [0.2, 0.25) is 5.91 Å². The molecule has 2 aromatic carbocycles. The van der Waals surface area contributed by atoms with E-state index in [0.29, 0.717) is 18.5 Å². The number of nitrogens with zero attached hydrogens (tertiary/aromatic N) is 2. The third kappa shape index (κ3) is 6.21. The monoisotopic (exact) mass is 423 g/mol. The van der Waals surface area contributed by atoms with Crippen molar-refractivity contribution in [3.63, 3.8) is 0 Å². The Labute approximate surface area is 175 Å². The van der Waals surface area contributed by atoms with Gasteiger partial charge < -0.3 is 15.0 Å². The van der Waals surface area contributed by atoms with Crippen LogP contribution >= 0.6 is 0 Å². The molecule has 0 spiro atoms. The molecule has 1 aliphatic rings. The highest BCUT2D eigenvalue weighted by Crippen LogP contribution is 2.25. The molecule has 0 bridgehead atoms. The third-order valence-electron chi connectivity index (χ3n) is 5.11. The summed E-state index contributed by atoms with van der Waals surface area (Å²) in [7, 11) is 1.73. The van der Waals surface area contributed by atoms with Crippen molar-refractivity contribution in [1.82, 2.24) is 15.1 Å². The molecule has 0 aliphatic carbocycles. The van der Waals surface area contributed by atoms with E-state index < -0.39 is 6.36 Å². The van der Waals surface area contributed by atoms with Crippen molar-refractivity contribution in [2.45, 2.75) is 18.8 Å². The summed E-state index contributed by atoms with van der Waals surface area (Å²) in [6.45, 7) is 3.59. The third-order valence-corrected chi connectivity index (χ3v) is 5.11. The van der Waals surface area contributed by atoms with Gasteiger partial charge in [-0.05, 0) is 29.7 Å². The van der Waals surface area contributed by atoms with Gasteiger partial charge in [0.1, 0.15) is 11.8 Å². The number of nitrogens with one attached hydrogen (secondary N) is 1. The summed E-state index contributed by atoms with van der Waals surface area (Å²) in [6, 6.07) is 15.2. The number of hydrogen-bond donors (Lipinski definition) is 1. The first-order valence-electron chi connectivity index (χ1n) is 9.93. The molecule has 1 amide bonds. The van der Waals surface area contributed by atoms with Crippen LogP contribution in [0.5, 0.6) is 5.75 Å². The molecular formula is C22H28F3N3O2. The smallest absolute Gasteiger partial charge is 0.406 e. The van der Waals surface area contributed by atoms with Gasteiger partial charge in [-0.15, -0.1) is 13.2 Å². The highest BCUT2D eigenvalue weighted by atomic mass is 19.4. The van der Waals surface area contributed by atoms with Gasteiger partial charge in [0.25, 0.3) is 0 Å². The largest absolute Gasteiger partial charge is 0.573 e. The van der Waals surface area contributed by atoms with Crippen molar-refractivity contribution < 1.29 is 24.1 Å². The van der Waals surface area contributed by atoms with Crippen LogP contribution in [0, 0.1) is 0 Å². The van der Waals surface area contributed by atoms with Gasteiger partial charge in [-0.3, -0.25) is 9.69 Å². The van der Waals surface area contributed by atoms with Crippen molar-refractivity contribution in [3.8, 4) is 5.75 Å². The van der Waals surface area contributed by atoms with Crippen LogP contribution in [0.1, 0.15) is 18.6 Å². The fraction of sp³-hybridized carbons (Fsp3) is 0.409. The molecule has 30 heavy (non-hydrogen) atoms. The van der Waals surface area contributed by atoms with Crippen molar-refractivity contribution in [2.24, 2.45) is 0 Å². The fourth-order valence-corrected chi connectivity index (χ4v) is 3.60. The SMILES string of the molecule is CN(CCc1cccc(OC(F)(F)F)c1)C(=O)C(c1ccccc1)N1CCNCC1.[HH]. The van der Waals surface area contributed by atoms with E-state index in [0.717, 1.165) is 31.7 Å². The van der Waals surface area contributed by atoms with Gasteiger partial charge in [0.05, 0.1) is 0 Å². The maximum Gasteiger partial charge on any atom is 0.573 e. The summed E-state index contributed by atoms with van der Waals surface area (Å²) < 4.78 is 41.3. The van der Waals surface area contributed by atoms with Crippen molar-refractivity contribution in [2.75, 3.05) is 39.8 Å². The van der Waals surface area contributed by atoms with E-state index in [1.54, 1.807) is 18.0 Å². The summed E-state index contributed by atoms with van der Waals surface area (Å²) in [5.74, 6) is -0.275. The minimum atomic E-state index is -4.72. The van der Waals surface area contributed by atoms with Gasteiger partial charge >= 0.3 is 6.36 Å². The second-order valence-corrected chi connectivity index (χ2v) is 7.30. The highest BCUT2D eigenvalue weighted by Gasteiger charge is 2.32. The zero-order chi connectivity index (χ0) is 21.6. The van der Waals surface area contributed by atoms with Crippen LogP contribution in [0.2, 0.25) is 0 Å². The van der Waals surface area contributed by atoms with Gasteiger partial charge in [0.15, 0.2) is 0 Å². The number of halogens is 3. The summed E-state index contributed by atoms with van der Waals surface area (Å²) in [5, 5.41) is 3.30.